The number of hydrogen-bond acceptors (Lipinski definition) is 2. The Morgan fingerprint density at radius 3 is 2.83 bits per heavy atom. The van der Waals surface area contributed by atoms with Gasteiger partial charge in [-0.05, 0) is 42.5 Å². The van der Waals surface area contributed by atoms with Crippen LogP contribution in [0, 0.1) is 0 Å². The summed E-state index contributed by atoms with van der Waals surface area (Å²) in [5.74, 6) is 1.38. The van der Waals surface area contributed by atoms with Gasteiger partial charge in [-0.3, -0.25) is 4.99 Å². The van der Waals surface area contributed by atoms with Crippen LogP contribution in [0.3, 0.4) is 0 Å². The van der Waals surface area contributed by atoms with Crippen molar-refractivity contribution in [3.05, 3.63) is 57.2 Å². The SMILES string of the molecule is CN=C(NC(C)c1cccs1)NC1CC1c1cccc(Cl)c1.I. The third kappa shape index (κ3) is 4.84. The van der Waals surface area contributed by atoms with E-state index < -0.39 is 0 Å². The van der Waals surface area contributed by atoms with Gasteiger partial charge in [0.25, 0.3) is 0 Å². The van der Waals surface area contributed by atoms with Crippen molar-refractivity contribution < 1.29 is 0 Å². The number of nitrogens with zero attached hydrogens (tertiary/aromatic N) is 1. The van der Waals surface area contributed by atoms with E-state index in [9.17, 15) is 0 Å². The minimum absolute atomic E-state index is 0. The van der Waals surface area contributed by atoms with Crippen LogP contribution < -0.4 is 10.6 Å². The van der Waals surface area contributed by atoms with E-state index in [1.807, 2.05) is 19.2 Å². The first-order valence-electron chi connectivity index (χ1n) is 7.46. The van der Waals surface area contributed by atoms with Gasteiger partial charge in [0, 0.05) is 28.9 Å². The van der Waals surface area contributed by atoms with Crippen molar-refractivity contribution in [2.75, 3.05) is 7.05 Å². The van der Waals surface area contributed by atoms with Gasteiger partial charge >= 0.3 is 0 Å². The Balaban J connectivity index is 0.00000192. The molecule has 0 spiro atoms. The average molecular weight is 462 g/mol. The lowest BCUT2D eigenvalue weighted by Crippen LogP contribution is -2.40. The predicted octanol–water partition coefficient (Wildman–Crippen LogP) is 4.80. The molecule has 1 fully saturated rings. The number of guanidine groups is 1. The number of aliphatic imine (C=N–C) groups is 1. The fraction of sp³-hybridized carbons (Fsp3) is 0.353. The zero-order valence-corrected chi connectivity index (χ0v) is 17.0. The molecule has 23 heavy (non-hydrogen) atoms. The zero-order valence-electron chi connectivity index (χ0n) is 13.1. The molecule has 1 heterocycles. The van der Waals surface area contributed by atoms with E-state index in [0.29, 0.717) is 12.0 Å². The monoisotopic (exact) mass is 461 g/mol. The number of nitrogens with one attached hydrogen (secondary N) is 2. The largest absolute Gasteiger partial charge is 0.353 e. The lowest BCUT2D eigenvalue weighted by molar-refractivity contribution is 0.692. The topological polar surface area (TPSA) is 36.4 Å². The van der Waals surface area contributed by atoms with Crippen LogP contribution in [0.1, 0.15) is 35.7 Å². The maximum Gasteiger partial charge on any atom is 0.191 e. The van der Waals surface area contributed by atoms with E-state index >= 15 is 0 Å². The Morgan fingerprint density at radius 2 is 2.17 bits per heavy atom. The molecule has 1 aliphatic rings. The number of rotatable bonds is 4. The molecular formula is C17H21ClIN3S. The Kier molecular flexibility index (Phi) is 6.73. The molecule has 3 rings (SSSR count). The van der Waals surface area contributed by atoms with Crippen molar-refractivity contribution in [3.63, 3.8) is 0 Å². The van der Waals surface area contributed by atoms with Crippen molar-refractivity contribution >= 4 is 52.9 Å². The Morgan fingerprint density at radius 1 is 1.35 bits per heavy atom. The second-order valence-corrected chi connectivity index (χ2v) is 7.02. The highest BCUT2D eigenvalue weighted by Crippen LogP contribution is 2.41. The van der Waals surface area contributed by atoms with Crippen LogP contribution in [-0.2, 0) is 0 Å². The summed E-state index contributed by atoms with van der Waals surface area (Å²) in [6.45, 7) is 2.15. The van der Waals surface area contributed by atoms with Gasteiger partial charge < -0.3 is 10.6 Å². The third-order valence-corrected chi connectivity index (χ3v) is 5.23. The minimum atomic E-state index is 0. The van der Waals surface area contributed by atoms with Gasteiger partial charge in [-0.25, -0.2) is 0 Å². The molecule has 1 aromatic carbocycles. The van der Waals surface area contributed by atoms with Crippen LogP contribution in [0.25, 0.3) is 0 Å². The van der Waals surface area contributed by atoms with Gasteiger partial charge in [-0.1, -0.05) is 29.8 Å². The van der Waals surface area contributed by atoms with Gasteiger partial charge in [0.2, 0.25) is 0 Å². The average Bonchev–Trinajstić information content (AvgIpc) is 3.06. The molecule has 0 aliphatic heterocycles. The maximum atomic E-state index is 6.07. The molecule has 1 aromatic heterocycles. The van der Waals surface area contributed by atoms with Crippen LogP contribution in [0.15, 0.2) is 46.8 Å². The van der Waals surface area contributed by atoms with E-state index in [-0.39, 0.29) is 30.0 Å². The second kappa shape index (κ2) is 8.35. The van der Waals surface area contributed by atoms with E-state index in [4.69, 9.17) is 11.6 Å². The Labute approximate surface area is 163 Å². The van der Waals surface area contributed by atoms with Crippen molar-refractivity contribution in [3.8, 4) is 0 Å². The third-order valence-electron chi connectivity index (χ3n) is 3.94. The minimum Gasteiger partial charge on any atom is -0.353 e. The molecule has 3 nitrogen and oxygen atoms in total. The van der Waals surface area contributed by atoms with E-state index in [1.54, 1.807) is 11.3 Å². The molecule has 6 heteroatoms. The van der Waals surface area contributed by atoms with Gasteiger partial charge in [0.1, 0.15) is 0 Å². The van der Waals surface area contributed by atoms with E-state index in [0.717, 1.165) is 17.4 Å². The van der Waals surface area contributed by atoms with Gasteiger partial charge in [-0.2, -0.15) is 0 Å². The van der Waals surface area contributed by atoms with E-state index in [2.05, 4.69) is 52.2 Å². The molecule has 3 atom stereocenters. The summed E-state index contributed by atoms with van der Waals surface area (Å²) >= 11 is 7.83. The number of hydrogen-bond donors (Lipinski definition) is 2. The van der Waals surface area contributed by atoms with Crippen molar-refractivity contribution in [1.82, 2.24) is 10.6 Å². The van der Waals surface area contributed by atoms with Crippen LogP contribution in [-0.4, -0.2) is 19.0 Å². The summed E-state index contributed by atoms with van der Waals surface area (Å²) in [7, 11) is 1.81. The summed E-state index contributed by atoms with van der Waals surface area (Å²) in [6.07, 6.45) is 1.12. The normalized spacial score (nSPS) is 21.3. The van der Waals surface area contributed by atoms with Crippen LogP contribution in [0.2, 0.25) is 5.02 Å². The highest BCUT2D eigenvalue weighted by molar-refractivity contribution is 14.0. The first-order valence-corrected chi connectivity index (χ1v) is 8.72. The fourth-order valence-corrected chi connectivity index (χ4v) is 3.55. The van der Waals surface area contributed by atoms with E-state index in [1.165, 1.54) is 10.4 Å². The molecule has 124 valence electrons. The zero-order chi connectivity index (χ0) is 15.5. The van der Waals surface area contributed by atoms with Gasteiger partial charge in [0.05, 0.1) is 6.04 Å². The predicted molar refractivity (Wildman–Crippen MR) is 110 cm³/mol. The van der Waals surface area contributed by atoms with Gasteiger partial charge in [0.15, 0.2) is 5.96 Å². The fourth-order valence-electron chi connectivity index (χ4n) is 2.62. The molecule has 0 amide bonds. The lowest BCUT2D eigenvalue weighted by atomic mass is 10.1. The van der Waals surface area contributed by atoms with Crippen molar-refractivity contribution in [2.24, 2.45) is 4.99 Å². The molecule has 2 N–H and O–H groups in total. The number of halogens is 2. The lowest BCUT2D eigenvalue weighted by Gasteiger charge is -2.17. The molecule has 1 saturated carbocycles. The number of thiophene rings is 1. The molecule has 0 bridgehead atoms. The highest BCUT2D eigenvalue weighted by atomic mass is 127. The van der Waals surface area contributed by atoms with Crippen LogP contribution in [0.5, 0.6) is 0 Å². The smallest absolute Gasteiger partial charge is 0.191 e. The molecule has 1 aliphatic carbocycles. The summed E-state index contributed by atoms with van der Waals surface area (Å²) in [5, 5.41) is 9.85. The number of benzene rings is 1. The Bertz CT molecular complexity index is 660. The van der Waals surface area contributed by atoms with Gasteiger partial charge in [-0.15, -0.1) is 35.3 Å². The summed E-state index contributed by atoms with van der Waals surface area (Å²) in [5.41, 5.74) is 1.30. The Hall–Kier alpha value is -0.790. The van der Waals surface area contributed by atoms with Crippen molar-refractivity contribution in [1.29, 1.82) is 0 Å². The molecule has 2 aromatic rings. The summed E-state index contributed by atoms with van der Waals surface area (Å²) < 4.78 is 0. The van der Waals surface area contributed by atoms with Crippen molar-refractivity contribution in [2.45, 2.75) is 31.3 Å². The maximum absolute atomic E-state index is 6.07. The quantitative estimate of drug-likeness (QED) is 0.390. The standard InChI is InChI=1S/C17H20ClN3S.HI/c1-11(16-7-4-8-22-16)20-17(19-2)21-15-10-14(15)12-5-3-6-13(18)9-12;/h3-9,11,14-15H,10H2,1-2H3,(H2,19,20,21);1H. The molecule has 0 saturated heterocycles. The summed E-state index contributed by atoms with van der Waals surface area (Å²) in [6, 6.07) is 13.0. The van der Waals surface area contributed by atoms with Crippen LogP contribution >= 0.6 is 46.9 Å². The molecular weight excluding hydrogens is 441 g/mol. The highest BCUT2D eigenvalue weighted by Gasteiger charge is 2.39. The second-order valence-electron chi connectivity index (χ2n) is 5.60. The summed E-state index contributed by atoms with van der Waals surface area (Å²) in [4.78, 5) is 5.65. The molecule has 0 radical (unpaired) electrons. The first kappa shape index (κ1) is 18.5. The van der Waals surface area contributed by atoms with Crippen LogP contribution in [0.4, 0.5) is 0 Å². The first-order chi connectivity index (χ1) is 10.7. The molecule has 3 unspecified atom stereocenters.